The van der Waals surface area contributed by atoms with Gasteiger partial charge < -0.3 is 5.32 Å². The lowest BCUT2D eigenvalue weighted by Gasteiger charge is -2.12. The maximum atomic E-state index is 13.5. The molecule has 3 aromatic rings. The third-order valence-corrected chi connectivity index (χ3v) is 4.28. The number of anilines is 1. The van der Waals surface area contributed by atoms with Gasteiger partial charge in [-0.3, -0.25) is 14.8 Å². The van der Waals surface area contributed by atoms with Crippen LogP contribution in [-0.2, 0) is 13.6 Å². The summed E-state index contributed by atoms with van der Waals surface area (Å²) >= 11 is 0. The van der Waals surface area contributed by atoms with Gasteiger partial charge in [0.15, 0.2) is 0 Å². The third-order valence-electron chi connectivity index (χ3n) is 4.28. The van der Waals surface area contributed by atoms with Crippen LogP contribution in [0, 0.1) is 39.0 Å². The van der Waals surface area contributed by atoms with Crippen LogP contribution in [0.25, 0.3) is 11.3 Å². The van der Waals surface area contributed by atoms with Crippen molar-refractivity contribution >= 4 is 11.4 Å². The van der Waals surface area contributed by atoms with E-state index in [1.54, 1.807) is 24.0 Å². The molecule has 0 aliphatic heterocycles. The summed E-state index contributed by atoms with van der Waals surface area (Å²) in [6, 6.07) is 7.58. The molecule has 6 nitrogen and oxygen atoms in total. The smallest absolute Gasteiger partial charge is 0.270 e. The van der Waals surface area contributed by atoms with Crippen LogP contribution in [0.15, 0.2) is 42.6 Å². The molecule has 0 saturated heterocycles. The van der Waals surface area contributed by atoms with Gasteiger partial charge >= 0.3 is 0 Å². The number of aromatic nitrogens is 2. The fourth-order valence-electron chi connectivity index (χ4n) is 2.94. The fraction of sp³-hybridized carbons (Fsp3) is 0.261. The summed E-state index contributed by atoms with van der Waals surface area (Å²) in [7, 11) is 1.74. The van der Waals surface area contributed by atoms with Crippen LogP contribution >= 0.6 is 0 Å². The summed E-state index contributed by atoms with van der Waals surface area (Å²) in [5.74, 6) is 4.90. The van der Waals surface area contributed by atoms with Crippen molar-refractivity contribution in [2.45, 2.75) is 27.3 Å². The van der Waals surface area contributed by atoms with Crippen molar-refractivity contribution in [3.05, 3.63) is 75.5 Å². The second-order valence-corrected chi connectivity index (χ2v) is 8.18. The Kier molecular flexibility index (Phi) is 6.07. The minimum Gasteiger partial charge on any atom is -0.380 e. The Labute approximate surface area is 179 Å². The molecule has 0 spiro atoms. The zero-order valence-corrected chi connectivity index (χ0v) is 17.7. The Bertz CT molecular complexity index is 1180. The molecule has 3 rings (SSSR count). The summed E-state index contributed by atoms with van der Waals surface area (Å²) in [6.07, 6.45) is 1.75. The second kappa shape index (κ2) is 8.56. The first-order valence-corrected chi connectivity index (χ1v) is 9.56. The van der Waals surface area contributed by atoms with Gasteiger partial charge in [0.2, 0.25) is 0 Å². The van der Waals surface area contributed by atoms with Gasteiger partial charge in [0.1, 0.15) is 17.3 Å². The molecule has 160 valence electrons. The van der Waals surface area contributed by atoms with E-state index >= 15 is 0 Å². The molecule has 0 fully saturated rings. The first-order valence-electron chi connectivity index (χ1n) is 9.56. The van der Waals surface area contributed by atoms with Crippen LogP contribution in [0.3, 0.4) is 0 Å². The number of aryl methyl sites for hydroxylation is 1. The molecule has 0 bridgehead atoms. The molecule has 1 N–H and O–H groups in total. The molecular formula is C23H22F2N4O2. The SMILES string of the molecule is Cn1cc(C#CC(C)(C)C)c(-c2cc([N+](=O)[O-])ccc2NCc2cc(F)cc(F)c2)n1. The van der Waals surface area contributed by atoms with E-state index in [1.165, 1.54) is 24.3 Å². The van der Waals surface area contributed by atoms with Crippen molar-refractivity contribution in [2.24, 2.45) is 12.5 Å². The van der Waals surface area contributed by atoms with Gasteiger partial charge in [0.25, 0.3) is 5.69 Å². The number of hydrogen-bond donors (Lipinski definition) is 1. The molecule has 0 atom stereocenters. The average Bonchev–Trinajstić information content (AvgIpc) is 3.04. The molecule has 0 aliphatic rings. The van der Waals surface area contributed by atoms with Gasteiger partial charge in [0, 0.05) is 54.7 Å². The Morgan fingerprint density at radius 2 is 1.84 bits per heavy atom. The molecule has 0 saturated carbocycles. The lowest BCUT2D eigenvalue weighted by molar-refractivity contribution is -0.384. The number of halogens is 2. The van der Waals surface area contributed by atoms with Crippen molar-refractivity contribution < 1.29 is 13.7 Å². The van der Waals surface area contributed by atoms with Crippen molar-refractivity contribution in [2.75, 3.05) is 5.32 Å². The van der Waals surface area contributed by atoms with Crippen molar-refractivity contribution in [1.82, 2.24) is 9.78 Å². The maximum absolute atomic E-state index is 13.5. The minimum atomic E-state index is -0.676. The van der Waals surface area contributed by atoms with Crippen LogP contribution in [0.2, 0.25) is 0 Å². The lowest BCUT2D eigenvalue weighted by Crippen LogP contribution is -2.03. The summed E-state index contributed by atoms with van der Waals surface area (Å²) in [6.45, 7) is 6.06. The Hall–Kier alpha value is -3.73. The highest BCUT2D eigenvalue weighted by molar-refractivity contribution is 5.81. The Morgan fingerprint density at radius 3 is 2.45 bits per heavy atom. The highest BCUT2D eigenvalue weighted by atomic mass is 19.1. The topological polar surface area (TPSA) is 73.0 Å². The predicted molar refractivity (Wildman–Crippen MR) is 115 cm³/mol. The van der Waals surface area contributed by atoms with E-state index in [9.17, 15) is 18.9 Å². The van der Waals surface area contributed by atoms with E-state index in [2.05, 4.69) is 22.3 Å². The zero-order valence-electron chi connectivity index (χ0n) is 17.7. The van der Waals surface area contributed by atoms with Crippen LogP contribution in [0.5, 0.6) is 0 Å². The molecule has 0 unspecified atom stereocenters. The highest BCUT2D eigenvalue weighted by Gasteiger charge is 2.18. The first kappa shape index (κ1) is 22.0. The van der Waals surface area contributed by atoms with Crippen LogP contribution in [0.4, 0.5) is 20.2 Å². The maximum Gasteiger partial charge on any atom is 0.270 e. The van der Waals surface area contributed by atoms with Gasteiger partial charge in [0.05, 0.1) is 10.5 Å². The van der Waals surface area contributed by atoms with Crippen LogP contribution < -0.4 is 5.32 Å². The van der Waals surface area contributed by atoms with E-state index in [1.807, 2.05) is 20.8 Å². The molecule has 0 radical (unpaired) electrons. The third kappa shape index (κ3) is 5.66. The van der Waals surface area contributed by atoms with Gasteiger partial charge in [-0.25, -0.2) is 8.78 Å². The number of benzene rings is 2. The largest absolute Gasteiger partial charge is 0.380 e. The minimum absolute atomic E-state index is 0.0993. The monoisotopic (exact) mass is 424 g/mol. The molecule has 0 amide bonds. The standard InChI is InChI=1S/C23H22F2N4O2/c1-23(2,3)8-7-16-14-28(4)27-22(16)20-12-19(29(30)31)5-6-21(20)26-13-15-9-17(24)11-18(25)10-15/h5-6,9-12,14,26H,13H2,1-4H3. The van der Waals surface area contributed by atoms with Crippen molar-refractivity contribution in [3.63, 3.8) is 0 Å². The van der Waals surface area contributed by atoms with E-state index in [0.717, 1.165) is 6.07 Å². The van der Waals surface area contributed by atoms with Crippen molar-refractivity contribution in [1.29, 1.82) is 0 Å². The summed E-state index contributed by atoms with van der Waals surface area (Å²) < 4.78 is 28.6. The van der Waals surface area contributed by atoms with E-state index in [4.69, 9.17) is 0 Å². The van der Waals surface area contributed by atoms with E-state index in [-0.39, 0.29) is 17.6 Å². The summed E-state index contributed by atoms with van der Waals surface area (Å²) in [5, 5.41) is 18.9. The van der Waals surface area contributed by atoms with Crippen molar-refractivity contribution in [3.8, 4) is 23.1 Å². The quantitative estimate of drug-likeness (QED) is 0.343. The highest BCUT2D eigenvalue weighted by Crippen LogP contribution is 2.33. The Morgan fingerprint density at radius 1 is 1.16 bits per heavy atom. The number of nitro groups is 1. The lowest BCUT2D eigenvalue weighted by atomic mass is 9.97. The number of nitro benzene ring substituents is 1. The van der Waals surface area contributed by atoms with Gasteiger partial charge in [-0.05, 0) is 44.5 Å². The molecule has 31 heavy (non-hydrogen) atoms. The molecular weight excluding hydrogens is 402 g/mol. The zero-order chi connectivity index (χ0) is 22.8. The predicted octanol–water partition coefficient (Wildman–Crippen LogP) is 5.28. The molecule has 2 aromatic carbocycles. The molecule has 1 aromatic heterocycles. The van der Waals surface area contributed by atoms with Crippen LogP contribution in [0.1, 0.15) is 31.9 Å². The number of nitrogens with zero attached hydrogens (tertiary/aromatic N) is 3. The molecule has 8 heteroatoms. The van der Waals surface area contributed by atoms with Gasteiger partial charge in [-0.1, -0.05) is 11.8 Å². The number of hydrogen-bond acceptors (Lipinski definition) is 4. The van der Waals surface area contributed by atoms with Gasteiger partial charge in [-0.2, -0.15) is 5.10 Å². The fourth-order valence-corrected chi connectivity index (χ4v) is 2.94. The normalized spacial score (nSPS) is 11.0. The summed E-state index contributed by atoms with van der Waals surface area (Å²) in [5.41, 5.74) is 2.18. The van der Waals surface area contributed by atoms with E-state index < -0.39 is 16.6 Å². The number of nitrogens with one attached hydrogen (secondary N) is 1. The average molecular weight is 424 g/mol. The number of rotatable bonds is 5. The second-order valence-electron chi connectivity index (χ2n) is 8.18. The molecule has 0 aliphatic carbocycles. The number of non-ortho nitro benzene ring substituents is 1. The Balaban J connectivity index is 2.05. The van der Waals surface area contributed by atoms with Crippen LogP contribution in [-0.4, -0.2) is 14.7 Å². The molecule has 1 heterocycles. The van der Waals surface area contributed by atoms with Gasteiger partial charge in [-0.15, -0.1) is 0 Å². The van der Waals surface area contributed by atoms with E-state index in [0.29, 0.717) is 28.1 Å². The first-order chi connectivity index (χ1) is 14.5. The summed E-state index contributed by atoms with van der Waals surface area (Å²) in [4.78, 5) is 10.9.